The highest BCUT2D eigenvalue weighted by Gasteiger charge is 2.43. The Labute approximate surface area is 230 Å². The molecule has 206 valence electrons. The third-order valence-electron chi connectivity index (χ3n) is 8.57. The van der Waals surface area contributed by atoms with E-state index >= 15 is 0 Å². The molecule has 3 aliphatic rings. The largest absolute Gasteiger partial charge is 0.377 e. The third-order valence-corrected chi connectivity index (χ3v) is 9.43. The number of carbonyl (C=O) groups excluding carboxylic acids is 2. The Kier molecular flexibility index (Phi) is 9.49. The number of hydrogen-bond donors (Lipinski definition) is 2. The van der Waals surface area contributed by atoms with Crippen LogP contribution < -0.4 is 11.1 Å². The molecule has 1 aliphatic carbocycles. The monoisotopic (exact) mass is 538 g/mol. The summed E-state index contributed by atoms with van der Waals surface area (Å²) in [6.45, 7) is 4.35. The fourth-order valence-corrected chi connectivity index (χ4v) is 7.15. The molecule has 3 fully saturated rings. The van der Waals surface area contributed by atoms with Gasteiger partial charge in [-0.25, -0.2) is 0 Å². The van der Waals surface area contributed by atoms with Crippen LogP contribution in [-0.2, 0) is 16.1 Å². The van der Waals surface area contributed by atoms with Gasteiger partial charge in [0.1, 0.15) is 6.04 Å². The Morgan fingerprint density at radius 2 is 1.89 bits per heavy atom. The molecule has 2 aliphatic heterocycles. The second-order valence-electron chi connectivity index (χ2n) is 11.3. The van der Waals surface area contributed by atoms with Gasteiger partial charge in [0, 0.05) is 38.8 Å². The standard InChI is InChI=1S/C30H42N4O3S/c31-17-23-9-4-10-24(15-23)18-32-29(35)27-16-25(20-34(27)30(36)28-12-6-14-38-28)33(21-26-11-5-13-37-26)19-22-7-2-1-3-8-22/h1-3,6-8,12,14,23-27H,4-5,9-11,13,15-21,31H2,(H,32,35). The van der Waals surface area contributed by atoms with E-state index in [1.165, 1.54) is 29.7 Å². The van der Waals surface area contributed by atoms with Crippen LogP contribution in [0.4, 0.5) is 0 Å². The lowest BCUT2D eigenvalue weighted by molar-refractivity contribution is -0.125. The summed E-state index contributed by atoms with van der Waals surface area (Å²) < 4.78 is 6.00. The molecular formula is C30H42N4O3S. The van der Waals surface area contributed by atoms with E-state index < -0.39 is 6.04 Å². The second-order valence-corrected chi connectivity index (χ2v) is 12.2. The van der Waals surface area contributed by atoms with E-state index in [0.29, 0.717) is 36.2 Å². The van der Waals surface area contributed by atoms with Crippen LogP contribution in [0.25, 0.3) is 0 Å². The van der Waals surface area contributed by atoms with E-state index in [1.54, 1.807) is 0 Å². The summed E-state index contributed by atoms with van der Waals surface area (Å²) in [7, 11) is 0. The molecule has 3 N–H and O–H groups in total. The van der Waals surface area contributed by atoms with Crippen LogP contribution in [0.5, 0.6) is 0 Å². The molecule has 8 heteroatoms. The number of ether oxygens (including phenoxy) is 1. The molecular weight excluding hydrogens is 496 g/mol. The van der Waals surface area contributed by atoms with Crippen molar-refractivity contribution in [1.29, 1.82) is 0 Å². The van der Waals surface area contributed by atoms with Crippen molar-refractivity contribution in [3.8, 4) is 0 Å². The SMILES string of the molecule is NCC1CCCC(CNC(=O)C2CC(N(Cc3ccccc3)CC3CCCO3)CN2C(=O)c2cccs2)C1. The second kappa shape index (κ2) is 13.2. The van der Waals surface area contributed by atoms with Gasteiger partial charge in [0.2, 0.25) is 5.91 Å². The lowest BCUT2D eigenvalue weighted by Crippen LogP contribution is -2.47. The van der Waals surface area contributed by atoms with Gasteiger partial charge in [-0.1, -0.05) is 42.8 Å². The highest BCUT2D eigenvalue weighted by molar-refractivity contribution is 7.12. The molecule has 3 heterocycles. The van der Waals surface area contributed by atoms with Gasteiger partial charge in [0.05, 0.1) is 11.0 Å². The van der Waals surface area contributed by atoms with E-state index in [2.05, 4.69) is 34.5 Å². The van der Waals surface area contributed by atoms with Crippen LogP contribution >= 0.6 is 11.3 Å². The molecule has 0 radical (unpaired) electrons. The van der Waals surface area contributed by atoms with Crippen molar-refractivity contribution in [2.45, 2.75) is 69.7 Å². The maximum atomic E-state index is 13.6. The molecule has 38 heavy (non-hydrogen) atoms. The molecule has 1 aromatic heterocycles. The minimum atomic E-state index is -0.466. The van der Waals surface area contributed by atoms with Crippen LogP contribution in [0.2, 0.25) is 0 Å². The molecule has 2 amide bonds. The summed E-state index contributed by atoms with van der Waals surface area (Å²) in [6, 6.07) is 13.9. The zero-order chi connectivity index (χ0) is 26.3. The summed E-state index contributed by atoms with van der Waals surface area (Å²) in [5.41, 5.74) is 7.17. The molecule has 1 aromatic carbocycles. The van der Waals surface area contributed by atoms with Gasteiger partial charge in [-0.3, -0.25) is 14.5 Å². The van der Waals surface area contributed by atoms with Crippen LogP contribution in [0.15, 0.2) is 47.8 Å². The number of nitrogens with one attached hydrogen (secondary N) is 1. The smallest absolute Gasteiger partial charge is 0.264 e. The zero-order valence-corrected chi connectivity index (χ0v) is 23.1. The van der Waals surface area contributed by atoms with E-state index in [0.717, 1.165) is 51.9 Å². The third kappa shape index (κ3) is 6.84. The number of rotatable bonds is 10. The summed E-state index contributed by atoms with van der Waals surface area (Å²) in [5, 5.41) is 5.16. The number of amides is 2. The van der Waals surface area contributed by atoms with E-state index in [4.69, 9.17) is 10.5 Å². The van der Waals surface area contributed by atoms with Crippen molar-refractivity contribution in [3.05, 3.63) is 58.3 Å². The quantitative estimate of drug-likeness (QED) is 0.479. The zero-order valence-electron chi connectivity index (χ0n) is 22.3. The van der Waals surface area contributed by atoms with Gasteiger partial charge in [-0.15, -0.1) is 11.3 Å². The van der Waals surface area contributed by atoms with Crippen molar-refractivity contribution in [3.63, 3.8) is 0 Å². The molecule has 5 rings (SSSR count). The highest BCUT2D eigenvalue weighted by Crippen LogP contribution is 2.30. The number of benzene rings is 1. The molecule has 1 saturated carbocycles. The van der Waals surface area contributed by atoms with Crippen molar-refractivity contribution in [1.82, 2.24) is 15.1 Å². The predicted octanol–water partition coefficient (Wildman–Crippen LogP) is 3.89. The Balaban J connectivity index is 1.31. The number of nitrogens with two attached hydrogens (primary N) is 1. The average molecular weight is 539 g/mol. The Morgan fingerprint density at radius 3 is 2.63 bits per heavy atom. The maximum absolute atomic E-state index is 13.6. The van der Waals surface area contributed by atoms with Gasteiger partial charge >= 0.3 is 0 Å². The number of thiophene rings is 1. The Morgan fingerprint density at radius 1 is 1.05 bits per heavy atom. The van der Waals surface area contributed by atoms with Crippen molar-refractivity contribution in [2.75, 3.05) is 32.8 Å². The minimum absolute atomic E-state index is 0.0240. The van der Waals surface area contributed by atoms with E-state index in [-0.39, 0.29) is 24.0 Å². The van der Waals surface area contributed by atoms with Crippen LogP contribution in [-0.4, -0.2) is 72.6 Å². The van der Waals surface area contributed by atoms with Crippen LogP contribution in [0.1, 0.15) is 60.2 Å². The maximum Gasteiger partial charge on any atom is 0.264 e. The first-order chi connectivity index (χ1) is 18.6. The molecule has 2 saturated heterocycles. The predicted molar refractivity (Wildman–Crippen MR) is 151 cm³/mol. The summed E-state index contributed by atoms with van der Waals surface area (Å²) >= 11 is 1.44. The van der Waals surface area contributed by atoms with Gasteiger partial charge in [-0.05, 0) is 73.9 Å². The minimum Gasteiger partial charge on any atom is -0.377 e. The van der Waals surface area contributed by atoms with E-state index in [9.17, 15) is 9.59 Å². The number of likely N-dealkylation sites (tertiary alicyclic amines) is 1. The lowest BCUT2D eigenvalue weighted by atomic mass is 9.81. The molecule has 0 bridgehead atoms. The van der Waals surface area contributed by atoms with Crippen molar-refractivity contribution >= 4 is 23.2 Å². The Hall–Kier alpha value is -2.26. The molecule has 5 atom stereocenters. The van der Waals surface area contributed by atoms with Crippen LogP contribution in [0.3, 0.4) is 0 Å². The van der Waals surface area contributed by atoms with E-state index in [1.807, 2.05) is 28.5 Å². The van der Waals surface area contributed by atoms with Crippen LogP contribution in [0, 0.1) is 11.8 Å². The van der Waals surface area contributed by atoms with Crippen molar-refractivity contribution in [2.24, 2.45) is 17.6 Å². The van der Waals surface area contributed by atoms with Gasteiger partial charge in [-0.2, -0.15) is 0 Å². The number of carbonyl (C=O) groups is 2. The molecule has 0 spiro atoms. The number of hydrogen-bond acceptors (Lipinski definition) is 6. The number of nitrogens with zero attached hydrogens (tertiary/aromatic N) is 2. The van der Waals surface area contributed by atoms with Gasteiger partial charge in [0.25, 0.3) is 5.91 Å². The summed E-state index contributed by atoms with van der Waals surface area (Å²) in [4.78, 5) is 32.2. The molecule has 2 aromatic rings. The first-order valence-electron chi connectivity index (χ1n) is 14.3. The van der Waals surface area contributed by atoms with Gasteiger partial charge < -0.3 is 20.7 Å². The first-order valence-corrected chi connectivity index (χ1v) is 15.2. The summed E-state index contributed by atoms with van der Waals surface area (Å²) in [6.07, 6.45) is 7.57. The highest BCUT2D eigenvalue weighted by atomic mass is 32.1. The van der Waals surface area contributed by atoms with Gasteiger partial charge in [0.15, 0.2) is 0 Å². The average Bonchev–Trinajstić information content (AvgIpc) is 3.74. The molecule has 5 unspecified atom stereocenters. The van der Waals surface area contributed by atoms with Crippen molar-refractivity contribution < 1.29 is 14.3 Å². The lowest BCUT2D eigenvalue weighted by Gasteiger charge is -2.31. The first kappa shape index (κ1) is 27.3. The topological polar surface area (TPSA) is 87.9 Å². The fraction of sp³-hybridized carbons (Fsp3) is 0.600. The molecule has 7 nitrogen and oxygen atoms in total. The fourth-order valence-electron chi connectivity index (χ4n) is 6.47. The Bertz CT molecular complexity index is 1030. The summed E-state index contributed by atoms with van der Waals surface area (Å²) in [5.74, 6) is 0.959. The normalized spacial score (nSPS) is 27.6.